The van der Waals surface area contributed by atoms with Crippen LogP contribution in [0.2, 0.25) is 0 Å². The van der Waals surface area contributed by atoms with Gasteiger partial charge in [0, 0.05) is 19.9 Å². The van der Waals surface area contributed by atoms with Crippen LogP contribution in [0.25, 0.3) is 0 Å². The van der Waals surface area contributed by atoms with E-state index in [1.807, 2.05) is 6.20 Å². The normalized spacial score (nSPS) is 18.0. The maximum Gasteiger partial charge on any atom is 0.249 e. The predicted molar refractivity (Wildman–Crippen MR) is 89.5 cm³/mol. The lowest BCUT2D eigenvalue weighted by Crippen LogP contribution is -2.48. The van der Waals surface area contributed by atoms with Gasteiger partial charge in [0.2, 0.25) is 5.91 Å². The van der Waals surface area contributed by atoms with Crippen LogP contribution in [0.5, 0.6) is 0 Å². The second kappa shape index (κ2) is 7.44. The molecule has 1 aromatic heterocycles. The van der Waals surface area contributed by atoms with Crippen LogP contribution in [0, 0.1) is 5.82 Å². The summed E-state index contributed by atoms with van der Waals surface area (Å²) in [6.45, 7) is 1.76. The molecule has 0 bridgehead atoms. The third kappa shape index (κ3) is 3.56. The number of piperidine rings is 1. The molecule has 1 fully saturated rings. The van der Waals surface area contributed by atoms with Crippen LogP contribution in [0.3, 0.4) is 0 Å². The summed E-state index contributed by atoms with van der Waals surface area (Å²) < 4.78 is 20.8. The summed E-state index contributed by atoms with van der Waals surface area (Å²) in [6, 6.07) is 6.00. The Hall–Kier alpha value is -2.41. The Balaban J connectivity index is 1.69. The zero-order valence-corrected chi connectivity index (χ0v) is 13.6. The zero-order chi connectivity index (χ0) is 16.9. The first-order valence-electron chi connectivity index (χ1n) is 8.03. The minimum Gasteiger partial charge on any atom is -0.383 e. The SMILES string of the molecule is COCCn1cc(NC2CCCN(c3ccccc3F)C2=O)cn1. The van der Waals surface area contributed by atoms with Crippen molar-refractivity contribution in [2.75, 3.05) is 30.5 Å². The summed E-state index contributed by atoms with van der Waals surface area (Å²) in [5.41, 5.74) is 1.12. The average Bonchev–Trinajstić information content (AvgIpc) is 3.03. The summed E-state index contributed by atoms with van der Waals surface area (Å²) in [6.07, 6.45) is 5.06. The fourth-order valence-corrected chi connectivity index (χ4v) is 2.87. The van der Waals surface area contributed by atoms with Crippen LogP contribution in [0.4, 0.5) is 15.8 Å². The van der Waals surface area contributed by atoms with Crippen molar-refractivity contribution in [3.05, 3.63) is 42.5 Å². The quantitative estimate of drug-likeness (QED) is 0.882. The predicted octanol–water partition coefficient (Wildman–Crippen LogP) is 2.28. The molecule has 1 aliphatic rings. The van der Waals surface area contributed by atoms with E-state index in [0.717, 1.165) is 12.1 Å². The monoisotopic (exact) mass is 332 g/mol. The molecule has 0 radical (unpaired) electrons. The van der Waals surface area contributed by atoms with Crippen molar-refractivity contribution in [1.82, 2.24) is 9.78 Å². The number of hydrogen-bond donors (Lipinski definition) is 1. The standard InChI is InChI=1S/C17H21FN4O2/c1-24-10-9-21-12-13(11-19-21)20-15-6-4-8-22(17(15)23)16-7-3-2-5-14(16)18/h2-3,5,7,11-12,15,20H,4,6,8-10H2,1H3. The van der Waals surface area contributed by atoms with Crippen LogP contribution < -0.4 is 10.2 Å². The first-order valence-corrected chi connectivity index (χ1v) is 8.03. The highest BCUT2D eigenvalue weighted by Crippen LogP contribution is 2.25. The number of hydrogen-bond acceptors (Lipinski definition) is 4. The lowest BCUT2D eigenvalue weighted by atomic mass is 10.0. The maximum atomic E-state index is 14.0. The number of halogens is 1. The highest BCUT2D eigenvalue weighted by Gasteiger charge is 2.31. The van der Waals surface area contributed by atoms with Gasteiger partial charge in [-0.25, -0.2) is 4.39 Å². The van der Waals surface area contributed by atoms with Crippen molar-refractivity contribution >= 4 is 17.3 Å². The van der Waals surface area contributed by atoms with Crippen molar-refractivity contribution in [2.24, 2.45) is 0 Å². The average molecular weight is 332 g/mol. The maximum absolute atomic E-state index is 14.0. The molecule has 1 aromatic carbocycles. The minimum absolute atomic E-state index is 0.115. The number of carbonyl (C=O) groups excluding carboxylic acids is 1. The molecule has 6 nitrogen and oxygen atoms in total. The molecule has 1 N–H and O–H groups in total. The van der Waals surface area contributed by atoms with Crippen molar-refractivity contribution in [2.45, 2.75) is 25.4 Å². The minimum atomic E-state index is -0.376. The Morgan fingerprint density at radius 2 is 2.25 bits per heavy atom. The molecule has 1 amide bonds. The van der Waals surface area contributed by atoms with Crippen LogP contribution >= 0.6 is 0 Å². The number of benzene rings is 1. The summed E-state index contributed by atoms with van der Waals surface area (Å²) >= 11 is 0. The van der Waals surface area contributed by atoms with Gasteiger partial charge < -0.3 is 15.0 Å². The van der Waals surface area contributed by atoms with Gasteiger partial charge in [0.15, 0.2) is 0 Å². The van der Waals surface area contributed by atoms with E-state index >= 15 is 0 Å². The number of carbonyl (C=O) groups is 1. The van der Waals surface area contributed by atoms with Gasteiger partial charge >= 0.3 is 0 Å². The van der Waals surface area contributed by atoms with Crippen molar-refractivity contribution in [1.29, 1.82) is 0 Å². The largest absolute Gasteiger partial charge is 0.383 e. The van der Waals surface area contributed by atoms with E-state index in [9.17, 15) is 9.18 Å². The molecular formula is C17H21FN4O2. The number of ether oxygens (including phenoxy) is 1. The number of methoxy groups -OCH3 is 1. The lowest BCUT2D eigenvalue weighted by Gasteiger charge is -2.33. The van der Waals surface area contributed by atoms with Gasteiger partial charge in [-0.3, -0.25) is 9.48 Å². The molecule has 3 rings (SSSR count). The Morgan fingerprint density at radius 1 is 1.42 bits per heavy atom. The highest BCUT2D eigenvalue weighted by atomic mass is 19.1. The van der Waals surface area contributed by atoms with Crippen molar-refractivity contribution in [3.63, 3.8) is 0 Å². The van der Waals surface area contributed by atoms with Gasteiger partial charge in [-0.05, 0) is 25.0 Å². The molecule has 24 heavy (non-hydrogen) atoms. The molecule has 1 unspecified atom stereocenters. The van der Waals surface area contributed by atoms with Crippen molar-refractivity contribution < 1.29 is 13.9 Å². The second-order valence-corrected chi connectivity index (χ2v) is 5.77. The van der Waals surface area contributed by atoms with E-state index in [1.54, 1.807) is 36.2 Å². The number of nitrogens with one attached hydrogen (secondary N) is 1. The summed E-state index contributed by atoms with van der Waals surface area (Å²) in [7, 11) is 1.64. The molecule has 0 aliphatic carbocycles. The molecule has 1 atom stereocenters. The third-order valence-electron chi connectivity index (χ3n) is 4.08. The van der Waals surface area contributed by atoms with E-state index in [-0.39, 0.29) is 17.8 Å². The zero-order valence-electron chi connectivity index (χ0n) is 13.6. The number of rotatable bonds is 6. The summed E-state index contributed by atoms with van der Waals surface area (Å²) in [5, 5.41) is 7.43. The Labute approximate surface area is 140 Å². The lowest BCUT2D eigenvalue weighted by molar-refractivity contribution is -0.120. The molecule has 1 aliphatic heterocycles. The second-order valence-electron chi connectivity index (χ2n) is 5.77. The Morgan fingerprint density at radius 3 is 3.04 bits per heavy atom. The third-order valence-corrected chi connectivity index (χ3v) is 4.08. The fraction of sp³-hybridized carbons (Fsp3) is 0.412. The van der Waals surface area contributed by atoms with Gasteiger partial charge in [0.05, 0.1) is 30.7 Å². The van der Waals surface area contributed by atoms with Crippen LogP contribution in [0.15, 0.2) is 36.7 Å². The molecule has 2 aromatic rings. The first-order chi connectivity index (χ1) is 11.7. The number of anilines is 2. The first kappa shape index (κ1) is 16.4. The summed E-state index contributed by atoms with van der Waals surface area (Å²) in [5.74, 6) is -0.491. The number of nitrogens with zero attached hydrogens (tertiary/aromatic N) is 3. The number of amides is 1. The van der Waals surface area contributed by atoms with Crippen LogP contribution in [-0.4, -0.2) is 42.0 Å². The van der Waals surface area contributed by atoms with Gasteiger partial charge in [-0.2, -0.15) is 5.10 Å². The fourth-order valence-electron chi connectivity index (χ4n) is 2.87. The topological polar surface area (TPSA) is 59.4 Å². The van der Waals surface area contributed by atoms with Crippen LogP contribution in [0.1, 0.15) is 12.8 Å². The molecule has 1 saturated heterocycles. The van der Waals surface area contributed by atoms with Crippen molar-refractivity contribution in [3.8, 4) is 0 Å². The molecule has 0 saturated carbocycles. The van der Waals surface area contributed by atoms with Gasteiger partial charge in [-0.1, -0.05) is 12.1 Å². The van der Waals surface area contributed by atoms with E-state index in [1.165, 1.54) is 11.0 Å². The summed E-state index contributed by atoms with van der Waals surface area (Å²) in [4.78, 5) is 14.2. The molecule has 0 spiro atoms. The number of para-hydroxylation sites is 1. The highest BCUT2D eigenvalue weighted by molar-refractivity contribution is 5.99. The number of aromatic nitrogens is 2. The smallest absolute Gasteiger partial charge is 0.249 e. The van der Waals surface area contributed by atoms with E-state index in [2.05, 4.69) is 10.4 Å². The molecule has 2 heterocycles. The van der Waals surface area contributed by atoms with E-state index in [0.29, 0.717) is 31.8 Å². The van der Waals surface area contributed by atoms with E-state index in [4.69, 9.17) is 4.74 Å². The Bertz CT molecular complexity index is 703. The molecule has 7 heteroatoms. The van der Waals surface area contributed by atoms with E-state index < -0.39 is 0 Å². The molecular weight excluding hydrogens is 311 g/mol. The van der Waals surface area contributed by atoms with Gasteiger partial charge in [-0.15, -0.1) is 0 Å². The van der Waals surface area contributed by atoms with Gasteiger partial charge in [0.25, 0.3) is 0 Å². The molecule has 128 valence electrons. The van der Waals surface area contributed by atoms with Crippen LogP contribution in [-0.2, 0) is 16.1 Å². The van der Waals surface area contributed by atoms with Gasteiger partial charge in [0.1, 0.15) is 11.9 Å². The Kier molecular flexibility index (Phi) is 5.10.